The SMILES string of the molecule is CC([Si])CNCCN. The van der Waals surface area contributed by atoms with E-state index in [-0.39, 0.29) is 0 Å². The fourth-order valence-electron chi connectivity index (χ4n) is 0.421. The van der Waals surface area contributed by atoms with Crippen molar-refractivity contribution in [2.75, 3.05) is 19.6 Å². The number of rotatable bonds is 4. The van der Waals surface area contributed by atoms with Crippen LogP contribution >= 0.6 is 0 Å². The molecule has 0 aliphatic rings. The molecule has 0 fully saturated rings. The van der Waals surface area contributed by atoms with Crippen LogP contribution in [-0.4, -0.2) is 29.9 Å². The van der Waals surface area contributed by atoms with Gasteiger partial charge in [0.2, 0.25) is 0 Å². The highest BCUT2D eigenvalue weighted by molar-refractivity contribution is 6.11. The van der Waals surface area contributed by atoms with Crippen LogP contribution in [0.25, 0.3) is 0 Å². The molecule has 0 aromatic carbocycles. The number of nitrogens with one attached hydrogen (secondary N) is 1. The average molecular weight is 129 g/mol. The van der Waals surface area contributed by atoms with Gasteiger partial charge in [-0.05, 0) is 12.1 Å². The molecule has 2 nitrogen and oxygen atoms in total. The van der Waals surface area contributed by atoms with E-state index >= 15 is 0 Å². The monoisotopic (exact) mass is 129 g/mol. The first-order valence-electron chi connectivity index (χ1n) is 2.89. The summed E-state index contributed by atoms with van der Waals surface area (Å²) in [6.07, 6.45) is 0. The number of hydrogen-bond donors (Lipinski definition) is 2. The first-order valence-corrected chi connectivity index (χ1v) is 3.47. The lowest BCUT2D eigenvalue weighted by molar-refractivity contribution is 0.677. The van der Waals surface area contributed by atoms with E-state index in [9.17, 15) is 0 Å². The second-order valence-electron chi connectivity index (χ2n) is 1.89. The Morgan fingerprint density at radius 1 is 1.75 bits per heavy atom. The Kier molecular flexibility index (Phi) is 5.37. The minimum Gasteiger partial charge on any atom is -0.329 e. The molecule has 0 rings (SSSR count). The lowest BCUT2D eigenvalue weighted by atomic mass is 10.4. The zero-order valence-corrected chi connectivity index (χ0v) is 6.28. The molecule has 1 atom stereocenters. The quantitative estimate of drug-likeness (QED) is 0.397. The minimum absolute atomic E-state index is 0.543. The van der Waals surface area contributed by atoms with Crippen LogP contribution in [0.5, 0.6) is 0 Å². The van der Waals surface area contributed by atoms with Crippen molar-refractivity contribution >= 4 is 10.2 Å². The predicted molar refractivity (Wildman–Crippen MR) is 37.1 cm³/mol. The van der Waals surface area contributed by atoms with E-state index in [4.69, 9.17) is 5.73 Å². The van der Waals surface area contributed by atoms with Gasteiger partial charge in [-0.2, -0.15) is 0 Å². The molecule has 8 heavy (non-hydrogen) atoms. The molecule has 0 saturated heterocycles. The van der Waals surface area contributed by atoms with Gasteiger partial charge in [-0.1, -0.05) is 6.92 Å². The van der Waals surface area contributed by atoms with Crippen molar-refractivity contribution in [2.24, 2.45) is 5.73 Å². The summed E-state index contributed by atoms with van der Waals surface area (Å²) in [7, 11) is 3.45. The maximum atomic E-state index is 5.24. The zero-order chi connectivity index (χ0) is 6.41. The van der Waals surface area contributed by atoms with Gasteiger partial charge in [0.1, 0.15) is 0 Å². The highest BCUT2D eigenvalue weighted by Crippen LogP contribution is 1.88. The predicted octanol–water partition coefficient (Wildman–Crippen LogP) is -0.488. The third-order valence-electron chi connectivity index (χ3n) is 0.772. The molecule has 0 aliphatic heterocycles. The van der Waals surface area contributed by atoms with Crippen molar-refractivity contribution in [3.8, 4) is 0 Å². The summed E-state index contributed by atoms with van der Waals surface area (Å²) in [4.78, 5) is 0. The molecular formula is C5H13N2Si. The van der Waals surface area contributed by atoms with Crippen LogP contribution in [0.3, 0.4) is 0 Å². The largest absolute Gasteiger partial charge is 0.329 e. The highest BCUT2D eigenvalue weighted by atomic mass is 28.1. The van der Waals surface area contributed by atoms with E-state index in [1.807, 2.05) is 0 Å². The van der Waals surface area contributed by atoms with Crippen molar-refractivity contribution in [2.45, 2.75) is 12.5 Å². The summed E-state index contributed by atoms with van der Waals surface area (Å²) < 4.78 is 0. The molecule has 3 heteroatoms. The van der Waals surface area contributed by atoms with Crippen LogP contribution in [0.15, 0.2) is 0 Å². The van der Waals surface area contributed by atoms with Gasteiger partial charge in [0, 0.05) is 23.3 Å². The maximum absolute atomic E-state index is 5.24. The first kappa shape index (κ1) is 8.14. The molecule has 0 heterocycles. The molecule has 3 N–H and O–H groups in total. The Morgan fingerprint density at radius 3 is 2.75 bits per heavy atom. The summed E-state index contributed by atoms with van der Waals surface area (Å²) in [6.45, 7) is 4.72. The second kappa shape index (κ2) is 5.28. The Hall–Kier alpha value is 0.137. The fraction of sp³-hybridized carbons (Fsp3) is 1.00. The van der Waals surface area contributed by atoms with Crippen LogP contribution in [0.2, 0.25) is 5.54 Å². The lowest BCUT2D eigenvalue weighted by Crippen LogP contribution is -2.25. The lowest BCUT2D eigenvalue weighted by Gasteiger charge is -2.03. The number of nitrogens with two attached hydrogens (primary N) is 1. The van der Waals surface area contributed by atoms with Gasteiger partial charge in [-0.25, -0.2) is 0 Å². The fourth-order valence-corrected chi connectivity index (χ4v) is 0.565. The summed E-state index contributed by atoms with van der Waals surface area (Å²) in [5, 5.41) is 3.16. The van der Waals surface area contributed by atoms with Crippen molar-refractivity contribution in [1.82, 2.24) is 5.32 Å². The standard InChI is InChI=1S/C5H13N2Si/c1-5(8)4-7-3-2-6/h5,7H,2-4,6H2,1H3. The molecular weight excluding hydrogens is 116 g/mol. The van der Waals surface area contributed by atoms with Crippen molar-refractivity contribution in [3.63, 3.8) is 0 Å². The van der Waals surface area contributed by atoms with Crippen LogP contribution < -0.4 is 11.1 Å². The van der Waals surface area contributed by atoms with E-state index in [0.717, 1.165) is 19.6 Å². The van der Waals surface area contributed by atoms with Crippen molar-refractivity contribution in [1.29, 1.82) is 0 Å². The van der Waals surface area contributed by atoms with E-state index in [1.54, 1.807) is 0 Å². The molecule has 1 unspecified atom stereocenters. The molecule has 0 aromatic rings. The summed E-state index contributed by atoms with van der Waals surface area (Å²) in [5.41, 5.74) is 5.78. The van der Waals surface area contributed by atoms with E-state index < -0.39 is 0 Å². The molecule has 0 bridgehead atoms. The molecule has 0 saturated carbocycles. The van der Waals surface area contributed by atoms with Gasteiger partial charge < -0.3 is 11.1 Å². The smallest absolute Gasteiger partial charge is 0.0279 e. The second-order valence-corrected chi connectivity index (χ2v) is 2.88. The van der Waals surface area contributed by atoms with Gasteiger partial charge in [0.05, 0.1) is 0 Å². The Morgan fingerprint density at radius 2 is 2.38 bits per heavy atom. The maximum Gasteiger partial charge on any atom is 0.0279 e. The third kappa shape index (κ3) is 6.14. The van der Waals surface area contributed by atoms with Crippen LogP contribution in [-0.2, 0) is 0 Å². The topological polar surface area (TPSA) is 38.0 Å². The van der Waals surface area contributed by atoms with Gasteiger partial charge in [0.25, 0.3) is 0 Å². The summed E-state index contributed by atoms with van der Waals surface area (Å²) >= 11 is 0. The summed E-state index contributed by atoms with van der Waals surface area (Å²) in [6, 6.07) is 0. The third-order valence-corrected chi connectivity index (χ3v) is 0.976. The molecule has 3 radical (unpaired) electrons. The first-order chi connectivity index (χ1) is 3.77. The van der Waals surface area contributed by atoms with Crippen molar-refractivity contribution in [3.05, 3.63) is 0 Å². The minimum atomic E-state index is 0.543. The molecule has 47 valence electrons. The number of hydrogen-bond acceptors (Lipinski definition) is 2. The van der Waals surface area contributed by atoms with Gasteiger partial charge in [0.15, 0.2) is 0 Å². The zero-order valence-electron chi connectivity index (χ0n) is 5.28. The van der Waals surface area contributed by atoms with Gasteiger partial charge in [-0.3, -0.25) is 0 Å². The average Bonchev–Trinajstić information content (AvgIpc) is 1.66. The van der Waals surface area contributed by atoms with Crippen LogP contribution in [0, 0.1) is 0 Å². The van der Waals surface area contributed by atoms with Crippen molar-refractivity contribution < 1.29 is 0 Å². The summed E-state index contributed by atoms with van der Waals surface area (Å²) in [5.74, 6) is 0. The highest BCUT2D eigenvalue weighted by Gasteiger charge is 1.89. The van der Waals surface area contributed by atoms with E-state index in [0.29, 0.717) is 5.54 Å². The van der Waals surface area contributed by atoms with E-state index in [2.05, 4.69) is 22.5 Å². The molecule has 0 spiro atoms. The Balaban J connectivity index is 2.72. The van der Waals surface area contributed by atoms with E-state index in [1.165, 1.54) is 0 Å². The van der Waals surface area contributed by atoms with Gasteiger partial charge in [-0.15, -0.1) is 0 Å². The Bertz CT molecular complexity index is 47.7. The van der Waals surface area contributed by atoms with Gasteiger partial charge >= 0.3 is 0 Å². The molecule has 0 aliphatic carbocycles. The normalized spacial score (nSPS) is 13.9. The van der Waals surface area contributed by atoms with Crippen LogP contribution in [0.4, 0.5) is 0 Å². The molecule has 0 aromatic heterocycles. The molecule has 0 amide bonds. The Labute approximate surface area is 54.3 Å². The van der Waals surface area contributed by atoms with Crippen LogP contribution in [0.1, 0.15) is 6.92 Å².